The second-order valence-electron chi connectivity index (χ2n) is 8.78. The number of halogens is 1. The first-order valence-electron chi connectivity index (χ1n) is 11.4. The number of rotatable bonds is 6. The fourth-order valence-corrected chi connectivity index (χ4v) is 7.46. The smallest absolute Gasteiger partial charge is 0.247 e. The molecule has 1 amide bonds. The summed E-state index contributed by atoms with van der Waals surface area (Å²) in [4.78, 5) is 20.4. The van der Waals surface area contributed by atoms with E-state index in [9.17, 15) is 13.2 Å². The summed E-state index contributed by atoms with van der Waals surface area (Å²) in [5, 5.41) is 1.14. The molecule has 0 saturated carbocycles. The monoisotopic (exact) mass is 519 g/mol. The van der Waals surface area contributed by atoms with Gasteiger partial charge in [0, 0.05) is 18.2 Å². The van der Waals surface area contributed by atoms with E-state index in [0.717, 1.165) is 28.6 Å². The number of aromatic nitrogens is 1. The van der Waals surface area contributed by atoms with Crippen molar-refractivity contribution >= 4 is 54.2 Å². The molecule has 0 radical (unpaired) electrons. The molecule has 10 heteroatoms. The summed E-state index contributed by atoms with van der Waals surface area (Å²) >= 11 is 7.54. The number of carbonyl (C=O) groups excluding carboxylic acids is 1. The van der Waals surface area contributed by atoms with Crippen molar-refractivity contribution in [3.8, 4) is 0 Å². The number of carbonyl (C=O) groups is 1. The van der Waals surface area contributed by atoms with E-state index in [1.54, 1.807) is 35.2 Å². The Bertz CT molecular complexity index is 1300. The van der Waals surface area contributed by atoms with Crippen LogP contribution in [-0.2, 0) is 19.6 Å². The topological polar surface area (TPSA) is 79.8 Å². The van der Waals surface area contributed by atoms with Gasteiger partial charge in [0.2, 0.25) is 15.9 Å². The molecule has 2 aliphatic heterocycles. The summed E-state index contributed by atoms with van der Waals surface area (Å²) in [6.45, 7) is 3.24. The largest absolute Gasteiger partial charge is 0.376 e. The SMILES string of the molecule is Cc1ccc(S(=O)(=O)N2CCCC2C(=O)N(CC2CCCO2)c2nc3ccc(Cl)cc3s2)cc1. The summed E-state index contributed by atoms with van der Waals surface area (Å²) in [6.07, 6.45) is 2.81. The maximum Gasteiger partial charge on any atom is 0.247 e. The van der Waals surface area contributed by atoms with Gasteiger partial charge in [-0.1, -0.05) is 40.6 Å². The number of fused-ring (bicyclic) bond motifs is 1. The van der Waals surface area contributed by atoms with E-state index in [1.807, 2.05) is 19.1 Å². The van der Waals surface area contributed by atoms with Crippen LogP contribution in [0.15, 0.2) is 47.4 Å². The normalized spacial score (nSPS) is 21.4. The maximum absolute atomic E-state index is 13.9. The number of hydrogen-bond donors (Lipinski definition) is 0. The van der Waals surface area contributed by atoms with Crippen LogP contribution in [0.1, 0.15) is 31.2 Å². The van der Waals surface area contributed by atoms with E-state index >= 15 is 0 Å². The van der Waals surface area contributed by atoms with Crippen LogP contribution in [0, 0.1) is 6.92 Å². The van der Waals surface area contributed by atoms with Crippen molar-refractivity contribution in [2.24, 2.45) is 0 Å². The molecule has 2 saturated heterocycles. The summed E-state index contributed by atoms with van der Waals surface area (Å²) in [7, 11) is -3.80. The first kappa shape index (κ1) is 23.7. The van der Waals surface area contributed by atoms with Gasteiger partial charge in [0.1, 0.15) is 6.04 Å². The minimum atomic E-state index is -3.80. The van der Waals surface area contributed by atoms with Gasteiger partial charge in [0.25, 0.3) is 0 Å². The van der Waals surface area contributed by atoms with Gasteiger partial charge in [0.15, 0.2) is 5.13 Å². The van der Waals surface area contributed by atoms with E-state index < -0.39 is 16.1 Å². The average molecular weight is 520 g/mol. The average Bonchev–Trinajstić information content (AvgIpc) is 3.57. The molecular formula is C24H26ClN3O4S2. The fourth-order valence-electron chi connectivity index (χ4n) is 4.56. The number of amides is 1. The lowest BCUT2D eigenvalue weighted by molar-refractivity contribution is -0.122. The molecule has 3 heterocycles. The van der Waals surface area contributed by atoms with E-state index in [-0.39, 0.29) is 16.9 Å². The number of anilines is 1. The number of thiazole rings is 1. The zero-order valence-electron chi connectivity index (χ0n) is 18.8. The van der Waals surface area contributed by atoms with Crippen LogP contribution < -0.4 is 4.90 Å². The predicted molar refractivity (Wildman–Crippen MR) is 134 cm³/mol. The molecule has 3 aromatic rings. The van der Waals surface area contributed by atoms with Gasteiger partial charge in [-0.25, -0.2) is 13.4 Å². The second-order valence-corrected chi connectivity index (χ2v) is 12.1. The molecule has 2 aromatic carbocycles. The zero-order chi connectivity index (χ0) is 23.9. The van der Waals surface area contributed by atoms with Crippen LogP contribution in [0.2, 0.25) is 5.02 Å². The molecule has 7 nitrogen and oxygen atoms in total. The maximum atomic E-state index is 13.9. The molecule has 0 bridgehead atoms. The standard InChI is InChI=1S/C24H26ClN3O4S2/c1-16-6-9-19(10-7-16)34(30,31)28-12-2-5-21(28)23(29)27(15-18-4-3-13-32-18)24-26-20-11-8-17(25)14-22(20)33-24/h6-11,14,18,21H,2-5,12-13,15H2,1H3. The number of ether oxygens (including phenoxy) is 1. The zero-order valence-corrected chi connectivity index (χ0v) is 21.2. The highest BCUT2D eigenvalue weighted by Crippen LogP contribution is 2.34. The van der Waals surface area contributed by atoms with Crippen LogP contribution in [0.25, 0.3) is 10.2 Å². The lowest BCUT2D eigenvalue weighted by atomic mass is 10.2. The number of nitrogens with zero attached hydrogens (tertiary/aromatic N) is 3. The molecule has 0 spiro atoms. The lowest BCUT2D eigenvalue weighted by Gasteiger charge is -2.29. The van der Waals surface area contributed by atoms with Crippen LogP contribution in [0.3, 0.4) is 0 Å². The molecule has 1 aromatic heterocycles. The molecule has 180 valence electrons. The number of aryl methyl sites for hydroxylation is 1. The second kappa shape index (κ2) is 9.54. The van der Waals surface area contributed by atoms with Gasteiger partial charge in [-0.3, -0.25) is 9.69 Å². The van der Waals surface area contributed by atoms with Gasteiger partial charge in [0.05, 0.1) is 27.8 Å². The minimum absolute atomic E-state index is 0.0943. The van der Waals surface area contributed by atoms with Gasteiger partial charge in [-0.2, -0.15) is 4.31 Å². The highest BCUT2D eigenvalue weighted by atomic mass is 35.5. The summed E-state index contributed by atoms with van der Waals surface area (Å²) in [6, 6.07) is 11.4. The molecule has 2 unspecified atom stereocenters. The van der Waals surface area contributed by atoms with E-state index in [4.69, 9.17) is 16.3 Å². The van der Waals surface area contributed by atoms with Gasteiger partial charge >= 0.3 is 0 Å². The van der Waals surface area contributed by atoms with Crippen molar-refractivity contribution in [3.05, 3.63) is 53.1 Å². The Morgan fingerprint density at radius 2 is 2.00 bits per heavy atom. The molecule has 0 aliphatic carbocycles. The van der Waals surface area contributed by atoms with Crippen molar-refractivity contribution in [1.82, 2.24) is 9.29 Å². The molecular weight excluding hydrogens is 494 g/mol. The lowest BCUT2D eigenvalue weighted by Crippen LogP contribution is -2.49. The molecule has 0 N–H and O–H groups in total. The third kappa shape index (κ3) is 4.59. The first-order valence-corrected chi connectivity index (χ1v) is 14.0. The van der Waals surface area contributed by atoms with Crippen molar-refractivity contribution in [3.63, 3.8) is 0 Å². The van der Waals surface area contributed by atoms with Crippen molar-refractivity contribution in [1.29, 1.82) is 0 Å². The Morgan fingerprint density at radius 3 is 2.74 bits per heavy atom. The predicted octanol–water partition coefficient (Wildman–Crippen LogP) is 4.62. The summed E-state index contributed by atoms with van der Waals surface area (Å²) < 4.78 is 34.9. The van der Waals surface area contributed by atoms with Crippen molar-refractivity contribution in [2.75, 3.05) is 24.6 Å². The Balaban J connectivity index is 1.48. The summed E-state index contributed by atoms with van der Waals surface area (Å²) in [5.41, 5.74) is 1.73. The van der Waals surface area contributed by atoms with Crippen LogP contribution in [0.4, 0.5) is 5.13 Å². The Hall–Kier alpha value is -2.04. The van der Waals surface area contributed by atoms with E-state index in [2.05, 4.69) is 4.98 Å². The number of hydrogen-bond acceptors (Lipinski definition) is 6. The van der Waals surface area contributed by atoms with Gasteiger partial charge < -0.3 is 4.74 Å². The minimum Gasteiger partial charge on any atom is -0.376 e. The third-order valence-corrected chi connectivity index (χ3v) is 9.56. The van der Waals surface area contributed by atoms with E-state index in [1.165, 1.54) is 15.6 Å². The van der Waals surface area contributed by atoms with Crippen molar-refractivity contribution < 1.29 is 17.9 Å². The molecule has 34 heavy (non-hydrogen) atoms. The number of sulfonamides is 1. The van der Waals surface area contributed by atoms with Gasteiger partial charge in [-0.05, 0) is 62.9 Å². The first-order chi connectivity index (χ1) is 16.3. The Labute approximate surface area is 208 Å². The molecule has 2 atom stereocenters. The number of benzene rings is 2. The Morgan fingerprint density at radius 1 is 1.21 bits per heavy atom. The quantitative estimate of drug-likeness (QED) is 0.474. The molecule has 2 aliphatic rings. The highest BCUT2D eigenvalue weighted by molar-refractivity contribution is 7.89. The fraction of sp³-hybridized carbons (Fsp3) is 0.417. The van der Waals surface area contributed by atoms with E-state index in [0.29, 0.717) is 42.7 Å². The van der Waals surface area contributed by atoms with Crippen LogP contribution >= 0.6 is 22.9 Å². The van der Waals surface area contributed by atoms with Crippen LogP contribution in [-0.4, -0.2) is 55.5 Å². The van der Waals surface area contributed by atoms with Gasteiger partial charge in [-0.15, -0.1) is 0 Å². The third-order valence-electron chi connectivity index (χ3n) is 6.36. The van der Waals surface area contributed by atoms with Crippen molar-refractivity contribution in [2.45, 2.75) is 49.6 Å². The molecule has 5 rings (SSSR count). The molecule has 2 fully saturated rings. The summed E-state index contributed by atoms with van der Waals surface area (Å²) in [5.74, 6) is -0.256. The van der Waals surface area contributed by atoms with Crippen LogP contribution in [0.5, 0.6) is 0 Å². The Kier molecular flexibility index (Phi) is 6.65. The highest BCUT2D eigenvalue weighted by Gasteiger charge is 2.42.